The molecule has 0 saturated carbocycles. The third-order valence-corrected chi connectivity index (χ3v) is 3.47. The normalized spacial score (nSPS) is 10.3. The number of aromatic nitrogens is 1. The van der Waals surface area contributed by atoms with Gasteiger partial charge in [0.25, 0.3) is 0 Å². The molecule has 1 N–H and O–H groups in total. The lowest BCUT2D eigenvalue weighted by Crippen LogP contribution is -2.03. The molecule has 6 nitrogen and oxygen atoms in total. The highest BCUT2D eigenvalue weighted by Crippen LogP contribution is 2.40. The van der Waals surface area contributed by atoms with Gasteiger partial charge in [0.2, 0.25) is 11.6 Å². The molecule has 1 heterocycles. The molecule has 2 aromatic rings. The lowest BCUT2D eigenvalue weighted by Gasteiger charge is -2.10. The van der Waals surface area contributed by atoms with Gasteiger partial charge in [-0.15, -0.1) is 0 Å². The van der Waals surface area contributed by atoms with Crippen molar-refractivity contribution >= 4 is 51.4 Å². The van der Waals surface area contributed by atoms with E-state index in [9.17, 15) is 14.5 Å². The zero-order valence-electron chi connectivity index (χ0n) is 10.6. The zero-order chi connectivity index (χ0) is 15.6. The van der Waals surface area contributed by atoms with Crippen molar-refractivity contribution in [3.63, 3.8) is 0 Å². The Kier molecular flexibility index (Phi) is 4.78. The fourth-order valence-electron chi connectivity index (χ4n) is 1.64. The maximum absolute atomic E-state index is 13.8. The van der Waals surface area contributed by atoms with Crippen LogP contribution in [0.5, 0.6) is 5.75 Å². The first kappa shape index (κ1) is 15.7. The first-order valence-corrected chi connectivity index (χ1v) is 6.98. The summed E-state index contributed by atoms with van der Waals surface area (Å²) < 4.78 is 19.4. The van der Waals surface area contributed by atoms with Crippen molar-refractivity contribution < 1.29 is 14.1 Å². The Morgan fingerprint density at radius 1 is 1.52 bits per heavy atom. The highest BCUT2D eigenvalue weighted by Gasteiger charge is 2.26. The molecule has 0 bridgehead atoms. The first-order chi connectivity index (χ1) is 9.93. The van der Waals surface area contributed by atoms with Crippen LogP contribution < -0.4 is 10.1 Å². The van der Waals surface area contributed by atoms with Gasteiger partial charge in [-0.25, -0.2) is 9.37 Å². The van der Waals surface area contributed by atoms with Gasteiger partial charge in [0.1, 0.15) is 10.8 Å². The zero-order valence-corrected chi connectivity index (χ0v) is 13.5. The molecule has 2 rings (SSSR count). The van der Waals surface area contributed by atoms with Gasteiger partial charge < -0.3 is 10.1 Å². The molecule has 0 amide bonds. The molecule has 0 unspecified atom stereocenters. The fraction of sp³-hybridized carbons (Fsp3) is 0.0833. The van der Waals surface area contributed by atoms with Crippen molar-refractivity contribution in [1.29, 1.82) is 0 Å². The molecule has 0 radical (unpaired) electrons. The molecule has 1 aromatic heterocycles. The van der Waals surface area contributed by atoms with E-state index >= 15 is 0 Å². The lowest BCUT2D eigenvalue weighted by molar-refractivity contribution is -0.385. The van der Waals surface area contributed by atoms with E-state index in [1.165, 1.54) is 25.4 Å². The molecule has 9 heteroatoms. The van der Waals surface area contributed by atoms with E-state index in [0.717, 1.165) is 0 Å². The minimum absolute atomic E-state index is 0.00201. The second-order valence-electron chi connectivity index (χ2n) is 3.84. The summed E-state index contributed by atoms with van der Waals surface area (Å²) in [5.74, 6) is -0.835. The van der Waals surface area contributed by atoms with Gasteiger partial charge in [0, 0.05) is 3.57 Å². The predicted octanol–water partition coefficient (Wildman–Crippen LogP) is 4.14. The number of hydrogen-bond donors (Lipinski definition) is 1. The Hall–Kier alpha value is -1.68. The van der Waals surface area contributed by atoms with Crippen LogP contribution in [0.3, 0.4) is 0 Å². The molecule has 110 valence electrons. The van der Waals surface area contributed by atoms with Crippen molar-refractivity contribution in [2.75, 3.05) is 12.4 Å². The number of nitro groups is 1. The Morgan fingerprint density at radius 3 is 2.81 bits per heavy atom. The highest BCUT2D eigenvalue weighted by atomic mass is 127. The van der Waals surface area contributed by atoms with Crippen LogP contribution in [0.25, 0.3) is 0 Å². The quantitative estimate of drug-likeness (QED) is 0.454. The summed E-state index contributed by atoms with van der Waals surface area (Å²) in [5, 5.41) is 13.8. The molecule has 0 aliphatic heterocycles. The standard InChI is InChI=1S/C12H8ClFIN3O3/c1-21-11-7(13)5-16-12(10(11)18(19)20)17-9-3-2-6(15)4-8(9)14/h2-5H,1H3,(H,16,17). The highest BCUT2D eigenvalue weighted by molar-refractivity contribution is 14.1. The second-order valence-corrected chi connectivity index (χ2v) is 5.50. The van der Waals surface area contributed by atoms with Gasteiger partial charge in [-0.3, -0.25) is 10.1 Å². The van der Waals surface area contributed by atoms with Crippen LogP contribution in [0.1, 0.15) is 0 Å². The summed E-state index contributed by atoms with van der Waals surface area (Å²) in [6, 6.07) is 4.41. The molecule has 0 aliphatic carbocycles. The largest absolute Gasteiger partial charge is 0.489 e. The molecule has 0 aliphatic rings. The molecule has 0 fully saturated rings. The predicted molar refractivity (Wildman–Crippen MR) is 84.9 cm³/mol. The molecular formula is C12H8ClFIN3O3. The van der Waals surface area contributed by atoms with Gasteiger partial charge >= 0.3 is 5.69 Å². The van der Waals surface area contributed by atoms with Gasteiger partial charge in [0.15, 0.2) is 0 Å². The number of nitrogens with one attached hydrogen (secondary N) is 1. The Labute approximate surface area is 137 Å². The Bertz CT molecular complexity index is 714. The Morgan fingerprint density at radius 2 is 2.24 bits per heavy atom. The van der Waals surface area contributed by atoms with Crippen LogP contribution in [0.2, 0.25) is 5.02 Å². The maximum Gasteiger partial charge on any atom is 0.354 e. The van der Waals surface area contributed by atoms with Crippen molar-refractivity contribution in [2.24, 2.45) is 0 Å². The van der Waals surface area contributed by atoms with Gasteiger partial charge in [-0.2, -0.15) is 0 Å². The molecule has 1 aromatic carbocycles. The average molecular weight is 424 g/mol. The van der Waals surface area contributed by atoms with E-state index in [4.69, 9.17) is 16.3 Å². The first-order valence-electron chi connectivity index (χ1n) is 5.53. The summed E-state index contributed by atoms with van der Waals surface area (Å²) >= 11 is 7.76. The van der Waals surface area contributed by atoms with E-state index in [-0.39, 0.29) is 22.3 Å². The monoisotopic (exact) mass is 423 g/mol. The number of halogens is 3. The lowest BCUT2D eigenvalue weighted by atomic mass is 10.3. The van der Waals surface area contributed by atoms with Gasteiger partial charge in [-0.1, -0.05) is 11.6 Å². The van der Waals surface area contributed by atoms with Crippen molar-refractivity contribution in [1.82, 2.24) is 4.98 Å². The molecule has 0 spiro atoms. The number of methoxy groups -OCH3 is 1. The number of pyridine rings is 1. The minimum atomic E-state index is -0.690. The van der Waals surface area contributed by atoms with Crippen molar-refractivity contribution in [3.05, 3.63) is 48.9 Å². The smallest absolute Gasteiger partial charge is 0.354 e. The number of anilines is 2. The third kappa shape index (κ3) is 3.32. The van der Waals surface area contributed by atoms with Crippen LogP contribution >= 0.6 is 34.2 Å². The number of nitrogens with zero attached hydrogens (tertiary/aromatic N) is 2. The summed E-state index contributed by atoms with van der Waals surface area (Å²) in [6.07, 6.45) is 1.19. The van der Waals surface area contributed by atoms with Crippen LogP contribution in [0.15, 0.2) is 24.4 Å². The maximum atomic E-state index is 13.8. The summed E-state index contributed by atoms with van der Waals surface area (Å²) in [6.45, 7) is 0. The number of rotatable bonds is 4. The van der Waals surface area contributed by atoms with Crippen LogP contribution in [0, 0.1) is 19.5 Å². The van der Waals surface area contributed by atoms with E-state index in [1.54, 1.807) is 6.07 Å². The number of hydrogen-bond acceptors (Lipinski definition) is 5. The molecule has 0 atom stereocenters. The van der Waals surface area contributed by atoms with Crippen LogP contribution in [-0.4, -0.2) is 17.0 Å². The second kappa shape index (κ2) is 6.39. The van der Waals surface area contributed by atoms with Gasteiger partial charge in [0.05, 0.1) is 23.9 Å². The van der Waals surface area contributed by atoms with E-state index < -0.39 is 16.4 Å². The van der Waals surface area contributed by atoms with Crippen molar-refractivity contribution in [2.45, 2.75) is 0 Å². The van der Waals surface area contributed by atoms with E-state index in [0.29, 0.717) is 3.57 Å². The molecule has 0 saturated heterocycles. The molecular weight excluding hydrogens is 416 g/mol. The number of benzene rings is 1. The van der Waals surface area contributed by atoms with E-state index in [1.807, 2.05) is 22.6 Å². The number of ether oxygens (including phenoxy) is 1. The third-order valence-electron chi connectivity index (χ3n) is 2.53. The van der Waals surface area contributed by atoms with Crippen molar-refractivity contribution in [3.8, 4) is 5.75 Å². The van der Waals surface area contributed by atoms with E-state index in [2.05, 4.69) is 10.3 Å². The summed E-state index contributed by atoms with van der Waals surface area (Å²) in [4.78, 5) is 14.3. The SMILES string of the molecule is COc1c(Cl)cnc(Nc2ccc(I)cc2F)c1[N+](=O)[O-]. The van der Waals surface area contributed by atoms with Gasteiger partial charge in [-0.05, 0) is 40.8 Å². The Balaban J connectivity index is 2.51. The topological polar surface area (TPSA) is 77.3 Å². The minimum Gasteiger partial charge on any atom is -0.489 e. The average Bonchev–Trinajstić information content (AvgIpc) is 2.42. The van der Waals surface area contributed by atoms with Crippen LogP contribution in [-0.2, 0) is 0 Å². The fourth-order valence-corrected chi connectivity index (χ4v) is 2.30. The van der Waals surface area contributed by atoms with Crippen LogP contribution in [0.4, 0.5) is 21.6 Å². The summed E-state index contributed by atoms with van der Waals surface area (Å²) in [5.41, 5.74) is -0.390. The molecule has 21 heavy (non-hydrogen) atoms. The summed E-state index contributed by atoms with van der Waals surface area (Å²) in [7, 11) is 1.25.